The highest BCUT2D eigenvalue weighted by molar-refractivity contribution is 7.10. The van der Waals surface area contributed by atoms with Crippen molar-refractivity contribution in [2.75, 3.05) is 18.0 Å². The number of fused-ring (bicyclic) bond motifs is 1. The molecule has 1 atom stereocenters. The van der Waals surface area contributed by atoms with Gasteiger partial charge in [-0.15, -0.1) is 11.3 Å². The van der Waals surface area contributed by atoms with Gasteiger partial charge in [0, 0.05) is 17.8 Å². The summed E-state index contributed by atoms with van der Waals surface area (Å²) in [5, 5.41) is 4.25. The molecule has 0 saturated heterocycles. The summed E-state index contributed by atoms with van der Waals surface area (Å²) >= 11 is 1.74. The Balaban J connectivity index is 1.50. The summed E-state index contributed by atoms with van der Waals surface area (Å²) in [6.45, 7) is 1.24. The van der Waals surface area contributed by atoms with E-state index in [9.17, 15) is 4.79 Å². The minimum atomic E-state index is 0.169. The van der Waals surface area contributed by atoms with E-state index in [0.717, 1.165) is 18.7 Å². The van der Waals surface area contributed by atoms with Gasteiger partial charge >= 0.3 is 0 Å². The molecule has 3 aromatic rings. The van der Waals surface area contributed by atoms with Gasteiger partial charge in [0.25, 0.3) is 5.91 Å². The van der Waals surface area contributed by atoms with Crippen molar-refractivity contribution in [3.05, 3.63) is 88.1 Å². The van der Waals surface area contributed by atoms with E-state index in [2.05, 4.69) is 53.2 Å². The van der Waals surface area contributed by atoms with Gasteiger partial charge in [0.2, 0.25) is 0 Å². The molecule has 2 N–H and O–H groups in total. The van der Waals surface area contributed by atoms with E-state index in [4.69, 9.17) is 0 Å². The highest BCUT2D eigenvalue weighted by Crippen LogP contribution is 2.27. The molecule has 1 amide bonds. The quantitative estimate of drug-likeness (QED) is 0.755. The molecule has 0 aliphatic carbocycles. The summed E-state index contributed by atoms with van der Waals surface area (Å²) in [7, 11) is 0. The Hall–Kier alpha value is -2.43. The average Bonchev–Trinajstić information content (AvgIpc) is 3.32. The van der Waals surface area contributed by atoms with E-state index in [0.29, 0.717) is 6.54 Å². The number of thiophene rings is 1. The third-order valence-corrected chi connectivity index (χ3v) is 5.68. The van der Waals surface area contributed by atoms with Gasteiger partial charge < -0.3 is 10.2 Å². The normalized spacial score (nSPS) is 14.3. The number of benzene rings is 2. The number of hydrogen-bond donors (Lipinski definition) is 1. The predicted octanol–water partition coefficient (Wildman–Crippen LogP) is 2.99. The molecule has 0 spiro atoms. The molecule has 1 aromatic heterocycles. The van der Waals surface area contributed by atoms with Gasteiger partial charge in [-0.05, 0) is 29.5 Å². The topological polar surface area (TPSA) is 36.9 Å². The molecule has 126 valence electrons. The van der Waals surface area contributed by atoms with E-state index in [1.54, 1.807) is 11.3 Å². The van der Waals surface area contributed by atoms with Crippen LogP contribution >= 0.6 is 11.3 Å². The lowest BCUT2D eigenvalue weighted by atomic mass is 10.1. The number of rotatable bonds is 5. The minimum absolute atomic E-state index is 0.169. The van der Waals surface area contributed by atoms with E-state index in [1.165, 1.54) is 16.0 Å². The molecule has 0 unspecified atom stereocenters. The second-order valence-electron chi connectivity index (χ2n) is 6.27. The number of nitrogens with zero attached hydrogens (tertiary/aromatic N) is 1. The Kier molecular flexibility index (Phi) is 4.63. The van der Waals surface area contributed by atoms with E-state index in [-0.39, 0.29) is 11.9 Å². The standard InChI is InChI=1S/C21H20N2OS/c24-20(23-13-12-16-7-4-5-10-18(16)23)15-22-21(19-11-6-14-25-19)17-8-2-1-3-9-17/h1-11,14,21-22H,12-13,15H2/p+1/t21-/m1/s1. The first kappa shape index (κ1) is 16.1. The number of amides is 1. The zero-order chi connectivity index (χ0) is 17.1. The second-order valence-corrected chi connectivity index (χ2v) is 7.25. The number of carbonyl (C=O) groups is 1. The van der Waals surface area contributed by atoms with Crippen LogP contribution in [0, 0.1) is 0 Å². The summed E-state index contributed by atoms with van der Waals surface area (Å²) in [6.07, 6.45) is 0.953. The van der Waals surface area contributed by atoms with Crippen LogP contribution in [0.5, 0.6) is 0 Å². The first-order chi connectivity index (χ1) is 12.3. The van der Waals surface area contributed by atoms with Gasteiger partial charge in [-0.2, -0.15) is 0 Å². The van der Waals surface area contributed by atoms with Gasteiger partial charge in [-0.1, -0.05) is 54.6 Å². The zero-order valence-electron chi connectivity index (χ0n) is 14.0. The van der Waals surface area contributed by atoms with Crippen molar-refractivity contribution in [2.45, 2.75) is 12.5 Å². The summed E-state index contributed by atoms with van der Waals surface area (Å²) < 4.78 is 0. The molecular formula is C21H21N2OS+. The Bertz CT molecular complexity index is 845. The lowest BCUT2D eigenvalue weighted by molar-refractivity contribution is -0.676. The van der Waals surface area contributed by atoms with Gasteiger partial charge in [-0.25, -0.2) is 0 Å². The second kappa shape index (κ2) is 7.21. The fraction of sp³-hybridized carbons (Fsp3) is 0.190. The van der Waals surface area contributed by atoms with Gasteiger partial charge in [-0.3, -0.25) is 4.79 Å². The molecule has 2 aromatic carbocycles. The molecule has 4 rings (SSSR count). The van der Waals surface area contributed by atoms with Crippen molar-refractivity contribution in [3.63, 3.8) is 0 Å². The van der Waals surface area contributed by atoms with E-state index < -0.39 is 0 Å². The number of para-hydroxylation sites is 1. The van der Waals surface area contributed by atoms with Crippen LogP contribution in [0.2, 0.25) is 0 Å². The molecule has 25 heavy (non-hydrogen) atoms. The monoisotopic (exact) mass is 349 g/mol. The molecule has 0 fully saturated rings. The highest BCUT2D eigenvalue weighted by Gasteiger charge is 2.27. The molecule has 0 saturated carbocycles. The van der Waals surface area contributed by atoms with Crippen molar-refractivity contribution in [3.8, 4) is 0 Å². The Morgan fingerprint density at radius 2 is 1.84 bits per heavy atom. The van der Waals surface area contributed by atoms with Crippen LogP contribution < -0.4 is 10.2 Å². The van der Waals surface area contributed by atoms with Crippen LogP contribution in [0.15, 0.2) is 72.1 Å². The van der Waals surface area contributed by atoms with Crippen molar-refractivity contribution in [2.24, 2.45) is 0 Å². The third kappa shape index (κ3) is 3.36. The molecule has 0 radical (unpaired) electrons. The summed E-state index contributed by atoms with van der Waals surface area (Å²) in [5.41, 5.74) is 3.58. The van der Waals surface area contributed by atoms with Crippen LogP contribution in [-0.2, 0) is 11.2 Å². The summed E-state index contributed by atoms with van der Waals surface area (Å²) in [4.78, 5) is 16.0. The number of carbonyl (C=O) groups excluding carboxylic acids is 1. The SMILES string of the molecule is O=C(C[NH2+][C@H](c1ccccc1)c1cccs1)N1CCc2ccccc21. The number of hydrogen-bond acceptors (Lipinski definition) is 2. The lowest BCUT2D eigenvalue weighted by Crippen LogP contribution is -2.87. The summed E-state index contributed by atoms with van der Waals surface area (Å²) in [5.74, 6) is 0.183. The maximum Gasteiger partial charge on any atom is 0.282 e. The van der Waals surface area contributed by atoms with Crippen molar-refractivity contribution in [1.29, 1.82) is 0 Å². The summed E-state index contributed by atoms with van der Waals surface area (Å²) in [6, 6.07) is 23.0. The molecule has 0 bridgehead atoms. The smallest absolute Gasteiger partial charge is 0.282 e. The number of quaternary nitrogens is 1. The molecular weight excluding hydrogens is 328 g/mol. The molecule has 1 aliphatic rings. The van der Waals surface area contributed by atoms with Gasteiger partial charge in [0.15, 0.2) is 6.54 Å². The fourth-order valence-electron chi connectivity index (χ4n) is 3.47. The number of anilines is 1. The largest absolute Gasteiger partial charge is 0.328 e. The van der Waals surface area contributed by atoms with Crippen LogP contribution in [0.1, 0.15) is 22.0 Å². The maximum absolute atomic E-state index is 12.8. The number of nitrogens with two attached hydrogens (primary N) is 1. The Labute approximate surface area is 151 Å². The maximum atomic E-state index is 12.8. The van der Waals surface area contributed by atoms with Crippen molar-refractivity contribution >= 4 is 22.9 Å². The molecule has 3 nitrogen and oxygen atoms in total. The third-order valence-electron chi connectivity index (χ3n) is 4.72. The average molecular weight is 349 g/mol. The van der Waals surface area contributed by atoms with E-state index >= 15 is 0 Å². The Morgan fingerprint density at radius 3 is 2.64 bits per heavy atom. The van der Waals surface area contributed by atoms with Crippen molar-refractivity contribution in [1.82, 2.24) is 0 Å². The van der Waals surface area contributed by atoms with Crippen LogP contribution in [0.25, 0.3) is 0 Å². The molecule has 1 aliphatic heterocycles. The first-order valence-corrected chi connectivity index (χ1v) is 9.51. The highest BCUT2D eigenvalue weighted by atomic mass is 32.1. The predicted molar refractivity (Wildman–Crippen MR) is 102 cm³/mol. The van der Waals surface area contributed by atoms with Crippen LogP contribution in [-0.4, -0.2) is 19.0 Å². The first-order valence-electron chi connectivity index (χ1n) is 8.63. The van der Waals surface area contributed by atoms with E-state index in [1.807, 2.05) is 29.2 Å². The minimum Gasteiger partial charge on any atom is -0.328 e. The fourth-order valence-corrected chi connectivity index (χ4v) is 4.32. The molecule has 4 heteroatoms. The molecule has 2 heterocycles. The van der Waals surface area contributed by atoms with Gasteiger partial charge in [0.1, 0.15) is 6.04 Å². The van der Waals surface area contributed by atoms with Crippen LogP contribution in [0.4, 0.5) is 5.69 Å². The zero-order valence-corrected chi connectivity index (χ0v) is 14.8. The van der Waals surface area contributed by atoms with Crippen molar-refractivity contribution < 1.29 is 10.1 Å². The van der Waals surface area contributed by atoms with Gasteiger partial charge in [0.05, 0.1) is 4.88 Å². The lowest BCUT2D eigenvalue weighted by Gasteiger charge is -2.19. The Morgan fingerprint density at radius 1 is 1.04 bits per heavy atom. The van der Waals surface area contributed by atoms with Crippen LogP contribution in [0.3, 0.4) is 0 Å².